The monoisotopic (exact) mass is 348 g/mol. The van der Waals surface area contributed by atoms with E-state index in [4.69, 9.17) is 16.6 Å². The highest BCUT2D eigenvalue weighted by atomic mass is 35.5. The molecule has 0 atom stereocenters. The molecule has 0 spiro atoms. The number of hydrogen-bond acceptors (Lipinski definition) is 3. The van der Waals surface area contributed by atoms with Crippen molar-refractivity contribution in [2.45, 2.75) is 13.5 Å². The minimum absolute atomic E-state index is 0.613. The number of imidazole rings is 1. The van der Waals surface area contributed by atoms with E-state index >= 15 is 0 Å². The predicted molar refractivity (Wildman–Crippen MR) is 102 cm³/mol. The van der Waals surface area contributed by atoms with E-state index in [1.165, 1.54) is 11.1 Å². The first-order valence-electron chi connectivity index (χ1n) is 8.09. The van der Waals surface area contributed by atoms with Crippen LogP contribution in [0.1, 0.15) is 11.1 Å². The van der Waals surface area contributed by atoms with Crippen molar-refractivity contribution >= 4 is 23.1 Å². The molecule has 5 heteroatoms. The van der Waals surface area contributed by atoms with Crippen LogP contribution in [0.4, 0.5) is 5.82 Å². The molecule has 3 aromatic heterocycles. The Morgan fingerprint density at radius 2 is 1.88 bits per heavy atom. The van der Waals surface area contributed by atoms with Gasteiger partial charge in [0, 0.05) is 18.9 Å². The minimum Gasteiger partial charge on any atom is -0.365 e. The zero-order valence-corrected chi connectivity index (χ0v) is 14.5. The fourth-order valence-electron chi connectivity index (χ4n) is 2.80. The van der Waals surface area contributed by atoms with E-state index < -0.39 is 0 Å². The standard InChI is InChI=1S/C20H17ClN4/c1-14-7-10-18-24-19(17-9-8-16(21)12-22-17)20(25(18)13-14)23-11-15-5-3-2-4-6-15/h2-10,12-13,23H,11H2,1H3. The van der Waals surface area contributed by atoms with Gasteiger partial charge in [0.15, 0.2) is 0 Å². The Morgan fingerprint density at radius 3 is 2.64 bits per heavy atom. The first kappa shape index (κ1) is 15.7. The van der Waals surface area contributed by atoms with Crippen molar-refractivity contribution in [1.82, 2.24) is 14.4 Å². The van der Waals surface area contributed by atoms with Gasteiger partial charge >= 0.3 is 0 Å². The molecule has 0 aliphatic carbocycles. The van der Waals surface area contributed by atoms with Crippen molar-refractivity contribution in [1.29, 1.82) is 0 Å². The second-order valence-electron chi connectivity index (χ2n) is 5.94. The van der Waals surface area contributed by atoms with Crippen LogP contribution in [0.5, 0.6) is 0 Å². The second kappa shape index (κ2) is 6.57. The first-order chi connectivity index (χ1) is 12.2. The van der Waals surface area contributed by atoms with E-state index in [0.717, 1.165) is 22.9 Å². The van der Waals surface area contributed by atoms with Crippen LogP contribution >= 0.6 is 11.6 Å². The molecule has 0 saturated carbocycles. The summed E-state index contributed by atoms with van der Waals surface area (Å²) >= 11 is 5.98. The molecular formula is C20H17ClN4. The van der Waals surface area contributed by atoms with E-state index in [-0.39, 0.29) is 0 Å². The number of halogens is 1. The molecule has 3 heterocycles. The SMILES string of the molecule is Cc1ccc2nc(-c3ccc(Cl)cn3)c(NCc3ccccc3)n2c1. The van der Waals surface area contributed by atoms with Gasteiger partial charge in [-0.05, 0) is 36.2 Å². The van der Waals surface area contributed by atoms with E-state index in [1.54, 1.807) is 6.20 Å². The molecule has 0 radical (unpaired) electrons. The molecule has 124 valence electrons. The van der Waals surface area contributed by atoms with E-state index in [0.29, 0.717) is 11.6 Å². The van der Waals surface area contributed by atoms with Crippen LogP contribution in [0, 0.1) is 6.92 Å². The van der Waals surface area contributed by atoms with E-state index in [1.807, 2.05) is 36.4 Å². The molecule has 4 aromatic rings. The van der Waals surface area contributed by atoms with Crippen molar-refractivity contribution < 1.29 is 0 Å². The number of nitrogens with one attached hydrogen (secondary N) is 1. The summed E-state index contributed by atoms with van der Waals surface area (Å²) in [7, 11) is 0. The average Bonchev–Trinajstić information content (AvgIpc) is 2.99. The molecule has 25 heavy (non-hydrogen) atoms. The Bertz CT molecular complexity index is 1010. The molecule has 0 aliphatic rings. The maximum absolute atomic E-state index is 5.98. The van der Waals surface area contributed by atoms with Crippen LogP contribution in [0.2, 0.25) is 5.02 Å². The lowest BCUT2D eigenvalue weighted by Crippen LogP contribution is -2.03. The number of anilines is 1. The quantitative estimate of drug-likeness (QED) is 0.566. The number of fused-ring (bicyclic) bond motifs is 1. The summed E-state index contributed by atoms with van der Waals surface area (Å²) in [6.45, 7) is 2.78. The van der Waals surface area contributed by atoms with Crippen molar-refractivity contribution in [2.24, 2.45) is 0 Å². The smallest absolute Gasteiger partial charge is 0.140 e. The Balaban J connectivity index is 1.79. The molecule has 0 saturated heterocycles. The van der Waals surface area contributed by atoms with Gasteiger partial charge < -0.3 is 5.32 Å². The Kier molecular flexibility index (Phi) is 4.12. The molecule has 0 unspecified atom stereocenters. The number of aromatic nitrogens is 3. The molecule has 0 fully saturated rings. The normalized spacial score (nSPS) is 11.0. The number of rotatable bonds is 4. The zero-order valence-electron chi connectivity index (χ0n) is 13.8. The highest BCUT2D eigenvalue weighted by molar-refractivity contribution is 6.30. The Morgan fingerprint density at radius 1 is 1.04 bits per heavy atom. The summed E-state index contributed by atoms with van der Waals surface area (Å²) in [5.41, 5.74) is 4.87. The fourth-order valence-corrected chi connectivity index (χ4v) is 2.91. The Hall–Kier alpha value is -2.85. The number of nitrogens with zero attached hydrogens (tertiary/aromatic N) is 3. The van der Waals surface area contributed by atoms with Gasteiger partial charge in [-0.15, -0.1) is 0 Å². The van der Waals surface area contributed by atoms with Crippen LogP contribution in [0.25, 0.3) is 17.0 Å². The van der Waals surface area contributed by atoms with Crippen molar-refractivity contribution in [2.75, 3.05) is 5.32 Å². The van der Waals surface area contributed by atoms with Crippen LogP contribution in [-0.4, -0.2) is 14.4 Å². The van der Waals surface area contributed by atoms with Gasteiger partial charge in [-0.3, -0.25) is 9.38 Å². The maximum Gasteiger partial charge on any atom is 0.140 e. The number of hydrogen-bond donors (Lipinski definition) is 1. The van der Waals surface area contributed by atoms with Gasteiger partial charge in [0.25, 0.3) is 0 Å². The topological polar surface area (TPSA) is 42.2 Å². The summed E-state index contributed by atoms with van der Waals surface area (Å²) in [5, 5.41) is 4.13. The maximum atomic E-state index is 5.98. The molecule has 1 aromatic carbocycles. The lowest BCUT2D eigenvalue weighted by Gasteiger charge is -2.09. The molecule has 0 aliphatic heterocycles. The largest absolute Gasteiger partial charge is 0.365 e. The van der Waals surface area contributed by atoms with Crippen molar-refractivity contribution in [3.63, 3.8) is 0 Å². The van der Waals surface area contributed by atoms with Gasteiger partial charge in [-0.25, -0.2) is 4.98 Å². The first-order valence-corrected chi connectivity index (χ1v) is 8.47. The molecular weight excluding hydrogens is 332 g/mol. The number of aryl methyl sites for hydroxylation is 1. The zero-order chi connectivity index (χ0) is 17.2. The molecule has 0 bridgehead atoms. The van der Waals surface area contributed by atoms with Gasteiger partial charge in [0.1, 0.15) is 17.2 Å². The summed E-state index contributed by atoms with van der Waals surface area (Å²) < 4.78 is 2.07. The van der Waals surface area contributed by atoms with Crippen LogP contribution in [0.15, 0.2) is 67.0 Å². The second-order valence-corrected chi connectivity index (χ2v) is 6.38. The third-order valence-electron chi connectivity index (χ3n) is 4.04. The van der Waals surface area contributed by atoms with Crippen LogP contribution in [-0.2, 0) is 6.54 Å². The molecule has 1 N–H and O–H groups in total. The van der Waals surface area contributed by atoms with Gasteiger partial charge in [0.05, 0.1) is 10.7 Å². The lowest BCUT2D eigenvalue weighted by atomic mass is 10.2. The highest BCUT2D eigenvalue weighted by Gasteiger charge is 2.15. The van der Waals surface area contributed by atoms with Gasteiger partial charge in [-0.2, -0.15) is 0 Å². The molecule has 4 rings (SSSR count). The predicted octanol–water partition coefficient (Wildman–Crippen LogP) is 4.97. The summed E-state index contributed by atoms with van der Waals surface area (Å²) in [6, 6.07) is 18.1. The van der Waals surface area contributed by atoms with Crippen LogP contribution < -0.4 is 5.32 Å². The van der Waals surface area contributed by atoms with Gasteiger partial charge in [-0.1, -0.05) is 48.0 Å². The van der Waals surface area contributed by atoms with Crippen molar-refractivity contribution in [3.8, 4) is 11.4 Å². The molecule has 0 amide bonds. The Labute approximate surface area is 151 Å². The summed E-state index contributed by atoms with van der Waals surface area (Å²) in [4.78, 5) is 9.19. The average molecular weight is 349 g/mol. The fraction of sp³-hybridized carbons (Fsp3) is 0.100. The number of benzene rings is 1. The lowest BCUT2D eigenvalue weighted by molar-refractivity contribution is 1.07. The highest BCUT2D eigenvalue weighted by Crippen LogP contribution is 2.28. The summed E-state index contributed by atoms with van der Waals surface area (Å²) in [6.07, 6.45) is 3.72. The van der Waals surface area contributed by atoms with E-state index in [2.05, 4.69) is 46.0 Å². The molecule has 4 nitrogen and oxygen atoms in total. The minimum atomic E-state index is 0.613. The summed E-state index contributed by atoms with van der Waals surface area (Å²) in [5.74, 6) is 0.928. The number of pyridine rings is 2. The van der Waals surface area contributed by atoms with Gasteiger partial charge in [0.2, 0.25) is 0 Å². The van der Waals surface area contributed by atoms with Crippen molar-refractivity contribution in [3.05, 3.63) is 83.1 Å². The van der Waals surface area contributed by atoms with Crippen LogP contribution in [0.3, 0.4) is 0 Å². The third-order valence-corrected chi connectivity index (χ3v) is 4.26. The third kappa shape index (κ3) is 3.21. The van der Waals surface area contributed by atoms with E-state index in [9.17, 15) is 0 Å².